The monoisotopic (exact) mass is 324 g/mol. The number of nitro groups is 1. The van der Waals surface area contributed by atoms with E-state index in [0.717, 1.165) is 30.1 Å². The van der Waals surface area contributed by atoms with E-state index >= 15 is 0 Å². The molecule has 1 aromatic heterocycles. The largest absolute Gasteiger partial charge is 0.290 e. The Bertz CT molecular complexity index is 659. The Morgan fingerprint density at radius 1 is 1.38 bits per heavy atom. The van der Waals surface area contributed by atoms with Gasteiger partial charge in [-0.2, -0.15) is 0 Å². The summed E-state index contributed by atoms with van der Waals surface area (Å²) in [6.07, 6.45) is 2.21. The van der Waals surface area contributed by atoms with Crippen molar-refractivity contribution in [3.8, 4) is 0 Å². The smallest absolute Gasteiger partial charge is 0.273 e. The molecule has 0 unspecified atom stereocenters. The van der Waals surface area contributed by atoms with Gasteiger partial charge in [0, 0.05) is 42.3 Å². The van der Waals surface area contributed by atoms with Crippen LogP contribution >= 0.6 is 23.1 Å². The highest BCUT2D eigenvalue weighted by Gasteiger charge is 2.31. The van der Waals surface area contributed by atoms with E-state index in [9.17, 15) is 10.1 Å². The minimum absolute atomic E-state index is 0.158. The number of benzene rings is 1. The first-order chi connectivity index (χ1) is 10.1. The van der Waals surface area contributed by atoms with E-state index in [4.69, 9.17) is 11.6 Å². The molecule has 1 saturated carbocycles. The van der Waals surface area contributed by atoms with Crippen molar-refractivity contribution in [2.45, 2.75) is 32.0 Å². The number of aromatic nitrogens is 2. The van der Waals surface area contributed by atoms with Gasteiger partial charge < -0.3 is 0 Å². The van der Waals surface area contributed by atoms with Crippen molar-refractivity contribution in [2.75, 3.05) is 0 Å². The van der Waals surface area contributed by atoms with Crippen LogP contribution in [0.1, 0.15) is 24.1 Å². The quantitative estimate of drug-likeness (QED) is 0.602. The van der Waals surface area contributed by atoms with Crippen LogP contribution in [0, 0.1) is 10.1 Å². The fourth-order valence-electron chi connectivity index (χ4n) is 2.28. The summed E-state index contributed by atoms with van der Waals surface area (Å²) in [7, 11) is 0. The van der Waals surface area contributed by atoms with Gasteiger partial charge in [-0.25, -0.2) is 0 Å². The Morgan fingerprint density at radius 2 is 2.14 bits per heavy atom. The molecule has 1 aliphatic rings. The Labute approximate surface area is 130 Å². The van der Waals surface area contributed by atoms with Crippen LogP contribution in [0.15, 0.2) is 24.3 Å². The van der Waals surface area contributed by atoms with Crippen LogP contribution < -0.4 is 0 Å². The fourth-order valence-corrected chi connectivity index (χ4v) is 2.89. The van der Waals surface area contributed by atoms with Gasteiger partial charge in [-0.05, 0) is 12.8 Å². The van der Waals surface area contributed by atoms with Crippen LogP contribution in [0.3, 0.4) is 0 Å². The minimum atomic E-state index is -0.336. The molecule has 1 aromatic carbocycles. The number of nitrogens with zero attached hydrogens (tertiary/aromatic N) is 4. The van der Waals surface area contributed by atoms with Crippen LogP contribution in [0.25, 0.3) is 0 Å². The molecule has 1 fully saturated rings. The van der Waals surface area contributed by atoms with Gasteiger partial charge in [-0.1, -0.05) is 34.3 Å². The SMILES string of the molecule is O=[N+]([O-])c1ccccc1CN(Cc1nnsc1Cl)C1CC1. The van der Waals surface area contributed by atoms with Crippen LogP contribution in [-0.2, 0) is 13.1 Å². The van der Waals surface area contributed by atoms with Crippen LogP contribution in [0.4, 0.5) is 5.69 Å². The molecule has 0 radical (unpaired) electrons. The summed E-state index contributed by atoms with van der Waals surface area (Å²) in [6.45, 7) is 1.10. The first-order valence-corrected chi connectivity index (χ1v) is 7.73. The number of hydrogen-bond donors (Lipinski definition) is 0. The molecule has 0 bridgehead atoms. The van der Waals surface area contributed by atoms with E-state index in [1.807, 2.05) is 6.07 Å². The minimum Gasteiger partial charge on any atom is -0.290 e. The first kappa shape index (κ1) is 14.4. The molecule has 3 rings (SSSR count). The highest BCUT2D eigenvalue weighted by Crippen LogP contribution is 2.32. The Kier molecular flexibility index (Phi) is 4.14. The van der Waals surface area contributed by atoms with Crippen molar-refractivity contribution in [1.82, 2.24) is 14.5 Å². The molecule has 0 amide bonds. The Balaban J connectivity index is 1.80. The zero-order valence-electron chi connectivity index (χ0n) is 11.1. The molecule has 1 heterocycles. The molecule has 0 atom stereocenters. The number of hydrogen-bond acceptors (Lipinski definition) is 6. The number of nitro benzene ring substituents is 1. The zero-order chi connectivity index (χ0) is 14.8. The van der Waals surface area contributed by atoms with Gasteiger partial charge in [-0.15, -0.1) is 5.10 Å². The first-order valence-electron chi connectivity index (χ1n) is 6.58. The lowest BCUT2D eigenvalue weighted by atomic mass is 10.1. The standard InChI is InChI=1S/C13H13ClN4O2S/c14-13-11(15-16-21-13)8-17(10-5-6-10)7-9-3-1-2-4-12(9)18(19)20/h1-4,10H,5-8H2. The topological polar surface area (TPSA) is 72.2 Å². The lowest BCUT2D eigenvalue weighted by Gasteiger charge is -2.20. The summed E-state index contributed by atoms with van der Waals surface area (Å²) in [5, 5.41) is 15.1. The number of para-hydroxylation sites is 1. The van der Waals surface area contributed by atoms with E-state index < -0.39 is 0 Å². The number of halogens is 1. The second-order valence-electron chi connectivity index (χ2n) is 5.02. The lowest BCUT2D eigenvalue weighted by molar-refractivity contribution is -0.385. The third-order valence-corrected chi connectivity index (χ3v) is 4.47. The van der Waals surface area contributed by atoms with Crippen molar-refractivity contribution in [3.63, 3.8) is 0 Å². The average Bonchev–Trinajstić information content (AvgIpc) is 3.23. The predicted molar refractivity (Wildman–Crippen MR) is 80.3 cm³/mol. The van der Waals surface area contributed by atoms with E-state index in [0.29, 0.717) is 29.0 Å². The van der Waals surface area contributed by atoms with Gasteiger partial charge >= 0.3 is 0 Å². The van der Waals surface area contributed by atoms with Gasteiger partial charge in [0.1, 0.15) is 10.0 Å². The summed E-state index contributed by atoms with van der Waals surface area (Å²) in [5.41, 5.74) is 1.62. The van der Waals surface area contributed by atoms with Crippen LogP contribution in [0.5, 0.6) is 0 Å². The molecule has 0 spiro atoms. The molecule has 110 valence electrons. The van der Waals surface area contributed by atoms with Gasteiger partial charge in [0.05, 0.1) is 4.92 Å². The molecule has 1 aliphatic carbocycles. The van der Waals surface area contributed by atoms with Crippen LogP contribution in [-0.4, -0.2) is 25.5 Å². The Morgan fingerprint density at radius 3 is 2.76 bits per heavy atom. The van der Waals surface area contributed by atoms with Gasteiger partial charge in [-0.3, -0.25) is 15.0 Å². The third kappa shape index (κ3) is 3.37. The van der Waals surface area contributed by atoms with E-state index in [-0.39, 0.29) is 10.6 Å². The molecule has 0 aliphatic heterocycles. The maximum Gasteiger partial charge on any atom is 0.273 e. The summed E-state index contributed by atoms with van der Waals surface area (Å²) >= 11 is 7.21. The fraction of sp³-hybridized carbons (Fsp3) is 0.385. The van der Waals surface area contributed by atoms with Gasteiger partial charge in [0.2, 0.25) is 0 Å². The highest BCUT2D eigenvalue weighted by atomic mass is 35.5. The summed E-state index contributed by atoms with van der Waals surface area (Å²) < 4.78 is 4.42. The van der Waals surface area contributed by atoms with Gasteiger partial charge in [0.15, 0.2) is 0 Å². The second kappa shape index (κ2) is 6.05. The van der Waals surface area contributed by atoms with E-state index in [1.165, 1.54) is 6.07 Å². The maximum absolute atomic E-state index is 11.1. The molecule has 2 aromatic rings. The maximum atomic E-state index is 11.1. The van der Waals surface area contributed by atoms with Crippen molar-refractivity contribution in [2.24, 2.45) is 0 Å². The van der Waals surface area contributed by atoms with Gasteiger partial charge in [0.25, 0.3) is 5.69 Å². The van der Waals surface area contributed by atoms with E-state index in [1.54, 1.807) is 12.1 Å². The summed E-state index contributed by atoms with van der Waals surface area (Å²) in [4.78, 5) is 13.0. The highest BCUT2D eigenvalue weighted by molar-refractivity contribution is 7.10. The summed E-state index contributed by atoms with van der Waals surface area (Å²) in [6, 6.07) is 7.30. The molecule has 0 saturated heterocycles. The third-order valence-electron chi connectivity index (χ3n) is 3.49. The molecular weight excluding hydrogens is 312 g/mol. The normalized spacial score (nSPS) is 14.6. The van der Waals surface area contributed by atoms with Crippen molar-refractivity contribution in [3.05, 3.63) is 50.0 Å². The Hall–Kier alpha value is -1.57. The van der Waals surface area contributed by atoms with E-state index in [2.05, 4.69) is 14.5 Å². The summed E-state index contributed by atoms with van der Waals surface area (Å²) in [5.74, 6) is 0. The number of rotatable bonds is 6. The molecule has 6 nitrogen and oxygen atoms in total. The van der Waals surface area contributed by atoms with Crippen molar-refractivity contribution < 1.29 is 4.92 Å². The van der Waals surface area contributed by atoms with Crippen molar-refractivity contribution >= 4 is 28.8 Å². The van der Waals surface area contributed by atoms with Crippen molar-refractivity contribution in [1.29, 1.82) is 0 Å². The molecule has 0 N–H and O–H groups in total. The lowest BCUT2D eigenvalue weighted by Crippen LogP contribution is -2.25. The molecule has 21 heavy (non-hydrogen) atoms. The van der Waals surface area contributed by atoms with Crippen LogP contribution in [0.2, 0.25) is 4.34 Å². The molecule has 8 heteroatoms. The second-order valence-corrected chi connectivity index (χ2v) is 6.37. The predicted octanol–water partition coefficient (Wildman–Crippen LogP) is 3.26. The molecular formula is C13H13ClN4O2S. The average molecular weight is 325 g/mol. The zero-order valence-corrected chi connectivity index (χ0v) is 12.7.